The van der Waals surface area contributed by atoms with Crippen molar-refractivity contribution < 1.29 is 19.0 Å². The molecule has 2 amide bonds. The Balaban J connectivity index is 1.72. The van der Waals surface area contributed by atoms with Gasteiger partial charge in [0.2, 0.25) is 11.8 Å². The molecule has 26 heavy (non-hydrogen) atoms. The molecule has 7 heteroatoms. The normalized spacial score (nSPS) is 15.6. The summed E-state index contributed by atoms with van der Waals surface area (Å²) < 4.78 is 15.6. The molecule has 1 aliphatic rings. The summed E-state index contributed by atoms with van der Waals surface area (Å²) in [5, 5.41) is 5.83. The molecule has 0 aliphatic heterocycles. The summed E-state index contributed by atoms with van der Waals surface area (Å²) >= 11 is 0. The Morgan fingerprint density at radius 2 is 1.96 bits per heavy atom. The summed E-state index contributed by atoms with van der Waals surface area (Å²) in [6.45, 7) is 0. The lowest BCUT2D eigenvalue weighted by Gasteiger charge is -2.27. The van der Waals surface area contributed by atoms with Crippen molar-refractivity contribution in [2.45, 2.75) is 25.3 Å². The summed E-state index contributed by atoms with van der Waals surface area (Å²) in [5.41, 5.74) is 2.83. The number of hydrogen-bond donors (Lipinski definition) is 2. The number of nitrogens with one attached hydrogen (secondary N) is 2. The number of pyridine rings is 1. The van der Waals surface area contributed by atoms with Crippen LogP contribution in [0.15, 0.2) is 30.3 Å². The van der Waals surface area contributed by atoms with Gasteiger partial charge in [0, 0.05) is 6.07 Å². The van der Waals surface area contributed by atoms with Gasteiger partial charge in [0.15, 0.2) is 0 Å². The average molecular weight is 357 g/mol. The first-order chi connectivity index (χ1) is 12.6. The number of aromatic nitrogens is 1. The molecule has 0 saturated heterocycles. The molecule has 1 aromatic carbocycles. The largest absolute Gasteiger partial charge is 0.497 e. The number of fused-ring (bicyclic) bond motifs is 1. The SMILES string of the molecule is COc1ccc2c(c1)CCC[C@H]2NC(=O)Nc1ccc(OC)nc1OC. The molecule has 0 saturated carbocycles. The van der Waals surface area contributed by atoms with E-state index in [1.807, 2.05) is 18.2 Å². The van der Waals surface area contributed by atoms with Crippen LogP contribution in [0.25, 0.3) is 0 Å². The van der Waals surface area contributed by atoms with E-state index in [2.05, 4.69) is 15.6 Å². The predicted octanol–water partition coefficient (Wildman–Crippen LogP) is 3.31. The van der Waals surface area contributed by atoms with Gasteiger partial charge in [-0.15, -0.1) is 0 Å². The Morgan fingerprint density at radius 3 is 2.69 bits per heavy atom. The third kappa shape index (κ3) is 3.82. The van der Waals surface area contributed by atoms with E-state index in [-0.39, 0.29) is 12.1 Å². The zero-order valence-corrected chi connectivity index (χ0v) is 15.2. The van der Waals surface area contributed by atoms with E-state index in [1.165, 1.54) is 19.8 Å². The van der Waals surface area contributed by atoms with Crippen LogP contribution in [-0.4, -0.2) is 32.3 Å². The molecule has 0 bridgehead atoms. The summed E-state index contributed by atoms with van der Waals surface area (Å²) in [7, 11) is 4.68. The number of anilines is 1. The van der Waals surface area contributed by atoms with Crippen LogP contribution in [0, 0.1) is 0 Å². The molecule has 1 aliphatic carbocycles. The highest BCUT2D eigenvalue weighted by Crippen LogP contribution is 2.32. The van der Waals surface area contributed by atoms with Crippen LogP contribution in [0.2, 0.25) is 0 Å². The van der Waals surface area contributed by atoms with Crippen LogP contribution in [0.4, 0.5) is 10.5 Å². The first-order valence-electron chi connectivity index (χ1n) is 8.48. The fourth-order valence-electron chi connectivity index (χ4n) is 3.17. The van der Waals surface area contributed by atoms with Gasteiger partial charge < -0.3 is 24.8 Å². The smallest absolute Gasteiger partial charge is 0.319 e. The maximum Gasteiger partial charge on any atom is 0.319 e. The number of rotatable bonds is 5. The van der Waals surface area contributed by atoms with E-state index in [1.54, 1.807) is 19.2 Å². The molecule has 0 fully saturated rings. The molecule has 7 nitrogen and oxygen atoms in total. The van der Waals surface area contributed by atoms with Crippen molar-refractivity contribution >= 4 is 11.7 Å². The fourth-order valence-corrected chi connectivity index (χ4v) is 3.17. The van der Waals surface area contributed by atoms with Crippen LogP contribution in [-0.2, 0) is 6.42 Å². The lowest BCUT2D eigenvalue weighted by atomic mass is 9.87. The number of ether oxygens (including phenoxy) is 3. The Kier molecular flexibility index (Phi) is 5.46. The van der Waals surface area contributed by atoms with Crippen molar-refractivity contribution in [1.82, 2.24) is 10.3 Å². The average Bonchev–Trinajstić information content (AvgIpc) is 2.68. The second kappa shape index (κ2) is 7.95. The van der Waals surface area contributed by atoms with Crippen molar-refractivity contribution in [2.75, 3.05) is 26.6 Å². The third-order valence-corrected chi connectivity index (χ3v) is 4.46. The number of amides is 2. The van der Waals surface area contributed by atoms with E-state index < -0.39 is 0 Å². The van der Waals surface area contributed by atoms with Gasteiger partial charge in [0.1, 0.15) is 11.4 Å². The van der Waals surface area contributed by atoms with Gasteiger partial charge in [0.25, 0.3) is 0 Å². The molecule has 2 aromatic rings. The van der Waals surface area contributed by atoms with Gasteiger partial charge >= 0.3 is 6.03 Å². The number of carbonyl (C=O) groups is 1. The molecular formula is C19H23N3O4. The van der Waals surface area contributed by atoms with E-state index in [0.717, 1.165) is 30.6 Å². The molecular weight excluding hydrogens is 334 g/mol. The second-order valence-corrected chi connectivity index (χ2v) is 6.02. The molecule has 0 unspecified atom stereocenters. The van der Waals surface area contributed by atoms with Crippen molar-refractivity contribution in [3.05, 3.63) is 41.5 Å². The number of nitrogens with zero attached hydrogens (tertiary/aromatic N) is 1. The van der Waals surface area contributed by atoms with Crippen LogP contribution < -0.4 is 24.8 Å². The van der Waals surface area contributed by atoms with E-state index in [0.29, 0.717) is 17.4 Å². The lowest BCUT2D eigenvalue weighted by Crippen LogP contribution is -2.34. The van der Waals surface area contributed by atoms with Gasteiger partial charge in [-0.05, 0) is 48.6 Å². The van der Waals surface area contributed by atoms with Gasteiger partial charge in [-0.1, -0.05) is 6.07 Å². The van der Waals surface area contributed by atoms with Crippen molar-refractivity contribution in [1.29, 1.82) is 0 Å². The minimum absolute atomic E-state index is 0.0399. The number of urea groups is 1. The molecule has 1 atom stereocenters. The number of benzene rings is 1. The predicted molar refractivity (Wildman–Crippen MR) is 98.2 cm³/mol. The third-order valence-electron chi connectivity index (χ3n) is 4.46. The maximum atomic E-state index is 12.5. The monoisotopic (exact) mass is 357 g/mol. The Labute approximate surface area is 152 Å². The number of aryl methyl sites for hydroxylation is 1. The van der Waals surface area contributed by atoms with Crippen LogP contribution in [0.1, 0.15) is 30.0 Å². The molecule has 3 rings (SSSR count). The summed E-state index contributed by atoms with van der Waals surface area (Å²) in [6.07, 6.45) is 2.89. The van der Waals surface area contributed by atoms with E-state index in [9.17, 15) is 4.79 Å². The highest BCUT2D eigenvalue weighted by Gasteiger charge is 2.22. The van der Waals surface area contributed by atoms with Crippen molar-refractivity contribution in [3.8, 4) is 17.5 Å². The summed E-state index contributed by atoms with van der Waals surface area (Å²) in [5.74, 6) is 1.55. The number of hydrogen-bond acceptors (Lipinski definition) is 5. The van der Waals surface area contributed by atoms with Gasteiger partial charge in [-0.3, -0.25) is 0 Å². The van der Waals surface area contributed by atoms with Crippen molar-refractivity contribution in [3.63, 3.8) is 0 Å². The Bertz CT molecular complexity index is 794. The highest BCUT2D eigenvalue weighted by atomic mass is 16.5. The quantitative estimate of drug-likeness (QED) is 0.858. The zero-order valence-electron chi connectivity index (χ0n) is 15.2. The van der Waals surface area contributed by atoms with E-state index in [4.69, 9.17) is 14.2 Å². The minimum atomic E-state index is -0.302. The van der Waals surface area contributed by atoms with Gasteiger partial charge in [-0.25, -0.2) is 4.79 Å². The first kappa shape index (κ1) is 17.8. The lowest BCUT2D eigenvalue weighted by molar-refractivity contribution is 0.247. The summed E-state index contributed by atoms with van der Waals surface area (Å²) in [4.78, 5) is 16.6. The van der Waals surface area contributed by atoms with E-state index >= 15 is 0 Å². The summed E-state index contributed by atoms with van der Waals surface area (Å²) in [6, 6.07) is 9.01. The topological polar surface area (TPSA) is 81.7 Å². The molecule has 0 spiro atoms. The molecule has 138 valence electrons. The number of methoxy groups -OCH3 is 3. The minimum Gasteiger partial charge on any atom is -0.497 e. The molecule has 1 aromatic heterocycles. The van der Waals surface area contributed by atoms with Gasteiger partial charge in [0.05, 0.1) is 27.4 Å². The van der Waals surface area contributed by atoms with Crippen LogP contribution in [0.3, 0.4) is 0 Å². The fraction of sp³-hybridized carbons (Fsp3) is 0.368. The zero-order chi connectivity index (χ0) is 18.5. The molecule has 2 N–H and O–H groups in total. The van der Waals surface area contributed by atoms with Crippen LogP contribution >= 0.6 is 0 Å². The van der Waals surface area contributed by atoms with Crippen molar-refractivity contribution in [2.24, 2.45) is 0 Å². The Morgan fingerprint density at radius 1 is 1.12 bits per heavy atom. The van der Waals surface area contributed by atoms with Crippen LogP contribution in [0.5, 0.6) is 17.5 Å². The molecule has 1 heterocycles. The highest BCUT2D eigenvalue weighted by molar-refractivity contribution is 5.90. The second-order valence-electron chi connectivity index (χ2n) is 6.02. The maximum absolute atomic E-state index is 12.5. The van der Waals surface area contributed by atoms with Gasteiger partial charge in [-0.2, -0.15) is 4.98 Å². The number of carbonyl (C=O) groups excluding carboxylic acids is 1. The standard InChI is InChI=1S/C19H23N3O4/c1-24-13-7-8-14-12(11-13)5-4-6-15(14)20-19(23)21-16-9-10-17(25-2)22-18(16)26-3/h7-11,15H,4-6H2,1-3H3,(H2,20,21,23)/t15-/m1/s1. The first-order valence-corrected chi connectivity index (χ1v) is 8.48. The molecule has 0 radical (unpaired) electrons. The Hall–Kier alpha value is -2.96.